The Balaban J connectivity index is 1.81. The first kappa shape index (κ1) is 16.9. The lowest BCUT2D eigenvalue weighted by Crippen LogP contribution is -2.15. The number of rotatable bonds is 8. The molecular formula is C18H22FN3O. The number of halogens is 1. The van der Waals surface area contributed by atoms with Crippen molar-refractivity contribution < 1.29 is 9.18 Å². The second kappa shape index (κ2) is 8.88. The molecule has 1 aromatic carbocycles. The molecule has 1 heterocycles. The zero-order valence-electron chi connectivity index (χ0n) is 13.3. The summed E-state index contributed by atoms with van der Waals surface area (Å²) in [5, 5.41) is 6.00. The second-order valence-corrected chi connectivity index (χ2v) is 5.42. The van der Waals surface area contributed by atoms with Crippen LogP contribution in [0.25, 0.3) is 0 Å². The Hall–Kier alpha value is -2.43. The number of aromatic nitrogens is 1. The van der Waals surface area contributed by atoms with E-state index in [9.17, 15) is 9.18 Å². The lowest BCUT2D eigenvalue weighted by Gasteiger charge is -2.08. The molecular weight excluding hydrogens is 293 g/mol. The van der Waals surface area contributed by atoms with Gasteiger partial charge in [0.25, 0.3) is 0 Å². The van der Waals surface area contributed by atoms with E-state index in [1.165, 1.54) is 25.0 Å². The van der Waals surface area contributed by atoms with Crippen LogP contribution >= 0.6 is 0 Å². The molecule has 1 amide bonds. The van der Waals surface area contributed by atoms with Gasteiger partial charge in [0.1, 0.15) is 11.6 Å². The quantitative estimate of drug-likeness (QED) is 0.724. The van der Waals surface area contributed by atoms with Gasteiger partial charge in [-0.1, -0.05) is 31.9 Å². The van der Waals surface area contributed by atoms with Gasteiger partial charge in [0.05, 0.1) is 18.3 Å². The number of nitrogens with one attached hydrogen (secondary N) is 2. The largest absolute Gasteiger partial charge is 0.384 e. The highest BCUT2D eigenvalue weighted by atomic mass is 19.1. The average Bonchev–Trinajstić information content (AvgIpc) is 2.53. The molecule has 5 heteroatoms. The lowest BCUT2D eigenvalue weighted by atomic mass is 10.1. The minimum Gasteiger partial charge on any atom is -0.384 e. The molecule has 0 saturated carbocycles. The first-order valence-corrected chi connectivity index (χ1v) is 7.91. The fourth-order valence-corrected chi connectivity index (χ4v) is 2.20. The molecule has 0 radical (unpaired) electrons. The van der Waals surface area contributed by atoms with Crippen LogP contribution in [0.4, 0.5) is 15.9 Å². The smallest absolute Gasteiger partial charge is 0.229 e. The third kappa shape index (κ3) is 6.06. The Bertz CT molecular complexity index is 628. The maximum absolute atomic E-state index is 13.1. The summed E-state index contributed by atoms with van der Waals surface area (Å²) >= 11 is 0. The van der Waals surface area contributed by atoms with E-state index in [2.05, 4.69) is 22.5 Å². The van der Waals surface area contributed by atoms with Gasteiger partial charge >= 0.3 is 0 Å². The monoisotopic (exact) mass is 315 g/mol. The number of pyridine rings is 1. The van der Waals surface area contributed by atoms with Crippen LogP contribution in [0.5, 0.6) is 0 Å². The van der Waals surface area contributed by atoms with Gasteiger partial charge in [-0.2, -0.15) is 0 Å². The Kier molecular flexibility index (Phi) is 6.54. The highest BCUT2D eigenvalue weighted by Crippen LogP contribution is 2.11. The number of unbranched alkanes of at least 4 members (excludes halogenated alkanes) is 2. The molecule has 0 atom stereocenters. The summed E-state index contributed by atoms with van der Waals surface area (Å²) in [6.07, 6.45) is 5.34. The van der Waals surface area contributed by atoms with Crippen LogP contribution in [0.2, 0.25) is 0 Å². The Labute approximate surface area is 136 Å². The summed E-state index contributed by atoms with van der Waals surface area (Å²) < 4.78 is 13.1. The summed E-state index contributed by atoms with van der Waals surface area (Å²) in [7, 11) is 0. The standard InChI is InChI=1S/C18H22FN3O/c1-2-3-4-10-20-16-8-9-17(21-13-16)22-18(23)12-14-6-5-7-15(19)11-14/h5-9,11,13,20H,2-4,10,12H2,1H3,(H,21,22,23). The number of anilines is 2. The van der Waals surface area contributed by atoms with Crippen LogP contribution in [-0.2, 0) is 11.2 Å². The molecule has 0 aliphatic heterocycles. The van der Waals surface area contributed by atoms with Gasteiger partial charge in [-0.05, 0) is 36.2 Å². The Morgan fingerprint density at radius 3 is 2.78 bits per heavy atom. The summed E-state index contributed by atoms with van der Waals surface area (Å²) in [4.78, 5) is 16.1. The van der Waals surface area contributed by atoms with Gasteiger partial charge in [-0.3, -0.25) is 4.79 Å². The van der Waals surface area contributed by atoms with Gasteiger partial charge < -0.3 is 10.6 Å². The number of carbonyl (C=O) groups is 1. The topological polar surface area (TPSA) is 54.0 Å². The molecule has 0 aliphatic rings. The molecule has 0 spiro atoms. The van der Waals surface area contributed by atoms with Crippen molar-refractivity contribution >= 4 is 17.4 Å². The normalized spacial score (nSPS) is 10.3. The van der Waals surface area contributed by atoms with Gasteiger partial charge in [0.2, 0.25) is 5.91 Å². The van der Waals surface area contributed by atoms with Crippen molar-refractivity contribution in [3.05, 3.63) is 54.0 Å². The zero-order chi connectivity index (χ0) is 16.5. The van der Waals surface area contributed by atoms with Gasteiger partial charge in [-0.15, -0.1) is 0 Å². The highest BCUT2D eigenvalue weighted by molar-refractivity contribution is 5.91. The van der Waals surface area contributed by atoms with Crippen molar-refractivity contribution in [2.45, 2.75) is 32.6 Å². The summed E-state index contributed by atoms with van der Waals surface area (Å²) in [6.45, 7) is 3.09. The molecule has 1 aromatic heterocycles. The zero-order valence-corrected chi connectivity index (χ0v) is 13.3. The molecule has 0 bridgehead atoms. The van der Waals surface area contributed by atoms with Crippen molar-refractivity contribution in [2.24, 2.45) is 0 Å². The third-order valence-corrected chi connectivity index (χ3v) is 3.39. The molecule has 2 N–H and O–H groups in total. The van der Waals surface area contributed by atoms with Crippen molar-refractivity contribution in [3.63, 3.8) is 0 Å². The van der Waals surface area contributed by atoms with Crippen LogP contribution in [0.1, 0.15) is 31.7 Å². The summed E-state index contributed by atoms with van der Waals surface area (Å²) in [5.41, 5.74) is 1.57. The van der Waals surface area contributed by atoms with E-state index in [1.54, 1.807) is 24.4 Å². The van der Waals surface area contributed by atoms with Crippen molar-refractivity contribution in [1.29, 1.82) is 0 Å². The van der Waals surface area contributed by atoms with Crippen LogP contribution in [-0.4, -0.2) is 17.4 Å². The fourth-order valence-electron chi connectivity index (χ4n) is 2.20. The number of carbonyl (C=O) groups excluding carboxylic acids is 1. The third-order valence-electron chi connectivity index (χ3n) is 3.39. The maximum atomic E-state index is 13.1. The van der Waals surface area contributed by atoms with Crippen LogP contribution in [0, 0.1) is 5.82 Å². The van der Waals surface area contributed by atoms with Crippen LogP contribution in [0.15, 0.2) is 42.6 Å². The number of benzene rings is 1. The molecule has 0 aliphatic carbocycles. The predicted molar refractivity (Wildman–Crippen MR) is 91.0 cm³/mol. The number of nitrogens with zero attached hydrogens (tertiary/aromatic N) is 1. The first-order chi connectivity index (χ1) is 11.2. The SMILES string of the molecule is CCCCCNc1ccc(NC(=O)Cc2cccc(F)c2)nc1. The van der Waals surface area contributed by atoms with E-state index in [-0.39, 0.29) is 18.1 Å². The van der Waals surface area contributed by atoms with Crippen molar-refractivity contribution in [3.8, 4) is 0 Å². The van der Waals surface area contributed by atoms with Crippen molar-refractivity contribution in [1.82, 2.24) is 4.98 Å². The molecule has 0 saturated heterocycles. The predicted octanol–water partition coefficient (Wildman–Crippen LogP) is 4.00. The minimum absolute atomic E-state index is 0.121. The summed E-state index contributed by atoms with van der Waals surface area (Å²) in [6, 6.07) is 9.67. The van der Waals surface area contributed by atoms with E-state index >= 15 is 0 Å². The van der Waals surface area contributed by atoms with Gasteiger partial charge in [-0.25, -0.2) is 9.37 Å². The second-order valence-electron chi connectivity index (χ2n) is 5.42. The molecule has 0 fully saturated rings. The molecule has 0 unspecified atom stereocenters. The molecule has 122 valence electrons. The molecule has 4 nitrogen and oxygen atoms in total. The molecule has 2 rings (SSSR count). The van der Waals surface area contributed by atoms with Crippen LogP contribution < -0.4 is 10.6 Å². The van der Waals surface area contributed by atoms with Crippen molar-refractivity contribution in [2.75, 3.05) is 17.2 Å². The Morgan fingerprint density at radius 2 is 2.09 bits per heavy atom. The van der Waals surface area contributed by atoms with Gasteiger partial charge in [0, 0.05) is 6.54 Å². The maximum Gasteiger partial charge on any atom is 0.229 e. The number of hydrogen-bond donors (Lipinski definition) is 2. The van der Waals surface area contributed by atoms with E-state index in [1.807, 2.05) is 6.07 Å². The number of hydrogen-bond acceptors (Lipinski definition) is 3. The average molecular weight is 315 g/mol. The van der Waals surface area contributed by atoms with E-state index < -0.39 is 0 Å². The lowest BCUT2D eigenvalue weighted by molar-refractivity contribution is -0.115. The number of amides is 1. The minimum atomic E-state index is -0.341. The molecule has 23 heavy (non-hydrogen) atoms. The first-order valence-electron chi connectivity index (χ1n) is 7.91. The van der Waals surface area contributed by atoms with E-state index in [0.29, 0.717) is 11.4 Å². The van der Waals surface area contributed by atoms with Crippen LogP contribution in [0.3, 0.4) is 0 Å². The molecule has 2 aromatic rings. The van der Waals surface area contributed by atoms with E-state index in [0.717, 1.165) is 18.7 Å². The fraction of sp³-hybridized carbons (Fsp3) is 0.333. The highest BCUT2D eigenvalue weighted by Gasteiger charge is 2.06. The Morgan fingerprint density at radius 1 is 1.22 bits per heavy atom. The van der Waals surface area contributed by atoms with Gasteiger partial charge in [0.15, 0.2) is 0 Å². The van der Waals surface area contributed by atoms with E-state index in [4.69, 9.17) is 0 Å². The summed E-state index contributed by atoms with van der Waals surface area (Å²) in [5.74, 6) is -0.0656.